The van der Waals surface area contributed by atoms with Crippen molar-refractivity contribution < 1.29 is 0 Å². The lowest BCUT2D eigenvalue weighted by Crippen LogP contribution is -2.36. The van der Waals surface area contributed by atoms with Crippen molar-refractivity contribution in [3.63, 3.8) is 0 Å². The zero-order valence-electron chi connectivity index (χ0n) is 11.8. The molecule has 2 rings (SSSR count). The van der Waals surface area contributed by atoms with Gasteiger partial charge in [0.15, 0.2) is 0 Å². The van der Waals surface area contributed by atoms with Crippen molar-refractivity contribution in [3.8, 4) is 0 Å². The van der Waals surface area contributed by atoms with Crippen molar-refractivity contribution in [3.05, 3.63) is 29.6 Å². The fourth-order valence-electron chi connectivity index (χ4n) is 2.21. The van der Waals surface area contributed by atoms with Crippen LogP contribution in [-0.2, 0) is 13.1 Å². The first-order chi connectivity index (χ1) is 8.63. The Kier molecular flexibility index (Phi) is 4.69. The van der Waals surface area contributed by atoms with E-state index in [0.29, 0.717) is 0 Å². The lowest BCUT2D eigenvalue weighted by molar-refractivity contribution is 0.215. The van der Waals surface area contributed by atoms with Gasteiger partial charge in [-0.05, 0) is 33.3 Å². The Morgan fingerprint density at radius 2 is 1.22 bits per heavy atom. The fraction of sp³-hybridized carbons (Fsp3) is 0.643. The minimum absolute atomic E-state index is 0.936. The standard InChI is InChI=1S/C14H24N4/c1-16-7-9-17(2)11-13-5-4-6-14(15-13)12-18(3)10-8-16/h4-6H,7-12H2,1-3H3. The number of nitrogens with zero attached hydrogens (tertiary/aromatic N) is 4. The van der Waals surface area contributed by atoms with Gasteiger partial charge in [-0.25, -0.2) is 0 Å². The maximum Gasteiger partial charge on any atom is 0.0547 e. The van der Waals surface area contributed by atoms with Crippen molar-refractivity contribution in [1.29, 1.82) is 0 Å². The van der Waals surface area contributed by atoms with E-state index in [2.05, 4.69) is 54.0 Å². The van der Waals surface area contributed by atoms with Gasteiger partial charge in [0.2, 0.25) is 0 Å². The predicted octanol–water partition coefficient (Wildman–Crippen LogP) is 0.891. The smallest absolute Gasteiger partial charge is 0.0547 e. The molecule has 1 aliphatic rings. The van der Waals surface area contributed by atoms with E-state index in [4.69, 9.17) is 4.98 Å². The Morgan fingerprint density at radius 3 is 1.72 bits per heavy atom. The van der Waals surface area contributed by atoms with Gasteiger partial charge >= 0.3 is 0 Å². The average molecular weight is 248 g/mol. The summed E-state index contributed by atoms with van der Waals surface area (Å²) < 4.78 is 0. The molecule has 18 heavy (non-hydrogen) atoms. The van der Waals surface area contributed by atoms with Gasteiger partial charge in [-0.2, -0.15) is 0 Å². The van der Waals surface area contributed by atoms with E-state index >= 15 is 0 Å². The van der Waals surface area contributed by atoms with Crippen molar-refractivity contribution >= 4 is 0 Å². The molecule has 2 heterocycles. The molecule has 0 spiro atoms. The lowest BCUT2D eigenvalue weighted by atomic mass is 10.2. The Labute approximate surface area is 110 Å². The summed E-state index contributed by atoms with van der Waals surface area (Å²) in [4.78, 5) is 11.8. The summed E-state index contributed by atoms with van der Waals surface area (Å²) >= 11 is 0. The number of fused-ring (bicyclic) bond motifs is 2. The lowest BCUT2D eigenvalue weighted by Gasteiger charge is -2.25. The molecule has 1 aromatic heterocycles. The van der Waals surface area contributed by atoms with Crippen LogP contribution in [0.25, 0.3) is 0 Å². The molecular weight excluding hydrogens is 224 g/mol. The molecule has 0 fully saturated rings. The quantitative estimate of drug-likeness (QED) is 0.680. The second-order valence-electron chi connectivity index (χ2n) is 5.40. The summed E-state index contributed by atoms with van der Waals surface area (Å²) in [5, 5.41) is 0. The van der Waals surface area contributed by atoms with Gasteiger partial charge in [0.05, 0.1) is 11.4 Å². The number of hydrogen-bond donors (Lipinski definition) is 0. The van der Waals surface area contributed by atoms with Crippen LogP contribution in [-0.4, -0.2) is 67.0 Å². The highest BCUT2D eigenvalue weighted by atomic mass is 15.2. The molecule has 0 saturated carbocycles. The molecule has 0 aromatic carbocycles. The maximum atomic E-state index is 4.73. The zero-order valence-corrected chi connectivity index (χ0v) is 11.8. The highest BCUT2D eigenvalue weighted by Gasteiger charge is 2.09. The third-order valence-corrected chi connectivity index (χ3v) is 3.46. The van der Waals surface area contributed by atoms with E-state index in [1.165, 1.54) is 11.4 Å². The van der Waals surface area contributed by atoms with Gasteiger partial charge in [0.25, 0.3) is 0 Å². The third-order valence-electron chi connectivity index (χ3n) is 3.46. The van der Waals surface area contributed by atoms with Crippen LogP contribution in [0, 0.1) is 0 Å². The summed E-state index contributed by atoms with van der Waals surface area (Å²) in [6.45, 7) is 6.28. The molecule has 4 heteroatoms. The van der Waals surface area contributed by atoms with Crippen LogP contribution in [0.5, 0.6) is 0 Å². The van der Waals surface area contributed by atoms with Crippen LogP contribution >= 0.6 is 0 Å². The topological polar surface area (TPSA) is 22.6 Å². The summed E-state index contributed by atoms with van der Waals surface area (Å²) in [7, 11) is 6.53. The first-order valence-corrected chi connectivity index (χ1v) is 6.64. The normalized spacial score (nSPS) is 21.3. The first-order valence-electron chi connectivity index (χ1n) is 6.64. The number of rotatable bonds is 0. The molecule has 0 unspecified atom stereocenters. The summed E-state index contributed by atoms with van der Waals surface area (Å²) in [6.07, 6.45) is 0. The SMILES string of the molecule is CN1CCN(C)Cc2cccc(n2)CN(C)CC1. The molecule has 0 aliphatic carbocycles. The Hall–Kier alpha value is -0.970. The molecule has 0 saturated heterocycles. The maximum absolute atomic E-state index is 4.73. The second-order valence-corrected chi connectivity index (χ2v) is 5.40. The van der Waals surface area contributed by atoms with Crippen molar-refractivity contribution in [2.45, 2.75) is 13.1 Å². The van der Waals surface area contributed by atoms with Crippen LogP contribution < -0.4 is 0 Å². The van der Waals surface area contributed by atoms with Gasteiger partial charge in [-0.15, -0.1) is 0 Å². The van der Waals surface area contributed by atoms with Crippen LogP contribution in [0.1, 0.15) is 11.4 Å². The molecule has 100 valence electrons. The van der Waals surface area contributed by atoms with Crippen LogP contribution in [0.3, 0.4) is 0 Å². The Balaban J connectivity index is 2.12. The molecule has 1 aromatic rings. The molecular formula is C14H24N4. The third kappa shape index (κ3) is 4.05. The van der Waals surface area contributed by atoms with Gasteiger partial charge < -0.3 is 4.90 Å². The molecule has 0 radical (unpaired) electrons. The van der Waals surface area contributed by atoms with Gasteiger partial charge in [0.1, 0.15) is 0 Å². The van der Waals surface area contributed by atoms with Crippen LogP contribution in [0.15, 0.2) is 18.2 Å². The molecule has 1 aliphatic heterocycles. The minimum Gasteiger partial charge on any atom is -0.304 e. The fourth-order valence-corrected chi connectivity index (χ4v) is 2.21. The van der Waals surface area contributed by atoms with Crippen molar-refractivity contribution in [2.75, 3.05) is 47.3 Å². The highest BCUT2D eigenvalue weighted by Crippen LogP contribution is 2.06. The Morgan fingerprint density at radius 1 is 0.778 bits per heavy atom. The zero-order chi connectivity index (χ0) is 13.0. The monoisotopic (exact) mass is 248 g/mol. The Bertz CT molecular complexity index is 349. The van der Waals surface area contributed by atoms with Gasteiger partial charge in [-0.1, -0.05) is 6.07 Å². The summed E-state index contributed by atoms with van der Waals surface area (Å²) in [5.41, 5.74) is 2.35. The molecule has 0 amide bonds. The number of pyridine rings is 1. The van der Waals surface area contributed by atoms with E-state index in [-0.39, 0.29) is 0 Å². The second kappa shape index (κ2) is 6.27. The van der Waals surface area contributed by atoms with Gasteiger partial charge in [-0.3, -0.25) is 14.8 Å². The molecule has 0 N–H and O–H groups in total. The highest BCUT2D eigenvalue weighted by molar-refractivity contribution is 5.11. The summed E-state index contributed by atoms with van der Waals surface area (Å²) in [5.74, 6) is 0. The van der Waals surface area contributed by atoms with E-state index in [1.807, 2.05) is 0 Å². The number of hydrogen-bond acceptors (Lipinski definition) is 4. The predicted molar refractivity (Wildman–Crippen MR) is 74.4 cm³/mol. The minimum atomic E-state index is 0.936. The van der Waals surface area contributed by atoms with E-state index in [1.54, 1.807) is 0 Å². The first kappa shape index (κ1) is 13.5. The van der Waals surface area contributed by atoms with Crippen molar-refractivity contribution in [1.82, 2.24) is 19.7 Å². The number of likely N-dealkylation sites (N-methyl/N-ethyl adjacent to an activating group) is 3. The largest absolute Gasteiger partial charge is 0.304 e. The van der Waals surface area contributed by atoms with Crippen molar-refractivity contribution in [2.24, 2.45) is 0 Å². The van der Waals surface area contributed by atoms with Crippen LogP contribution in [0.2, 0.25) is 0 Å². The summed E-state index contributed by atoms with van der Waals surface area (Å²) in [6, 6.07) is 6.36. The van der Waals surface area contributed by atoms with E-state index in [9.17, 15) is 0 Å². The molecule has 0 atom stereocenters. The van der Waals surface area contributed by atoms with E-state index < -0.39 is 0 Å². The van der Waals surface area contributed by atoms with Gasteiger partial charge in [0, 0.05) is 39.3 Å². The number of aromatic nitrogens is 1. The molecule has 2 bridgehead atoms. The van der Waals surface area contributed by atoms with E-state index in [0.717, 1.165) is 39.3 Å². The van der Waals surface area contributed by atoms with Crippen LogP contribution in [0.4, 0.5) is 0 Å². The average Bonchev–Trinajstić information content (AvgIpc) is 2.33. The molecule has 4 nitrogen and oxygen atoms in total.